The summed E-state index contributed by atoms with van der Waals surface area (Å²) in [6.45, 7) is 1.66. The molecule has 41 heavy (non-hydrogen) atoms. The molecule has 2 aliphatic rings. The first kappa shape index (κ1) is 31.9. The molecular formula is C28H41N5O8. The highest BCUT2D eigenvalue weighted by atomic mass is 16.5. The van der Waals surface area contributed by atoms with E-state index in [1.54, 1.807) is 30.4 Å². The third-order valence-electron chi connectivity index (χ3n) is 7.46. The van der Waals surface area contributed by atoms with Crippen molar-refractivity contribution in [2.45, 2.75) is 57.0 Å². The Labute approximate surface area is 239 Å². The molecule has 13 heteroatoms. The molecule has 1 aromatic heterocycles. The first-order valence-corrected chi connectivity index (χ1v) is 14.1. The van der Waals surface area contributed by atoms with E-state index >= 15 is 0 Å². The zero-order valence-electron chi connectivity index (χ0n) is 23.5. The van der Waals surface area contributed by atoms with E-state index in [9.17, 15) is 24.0 Å². The minimum atomic E-state index is -0.766. The highest BCUT2D eigenvalue weighted by molar-refractivity contribution is 5.90. The molecule has 4 N–H and O–H groups in total. The number of carboxylic acids is 1. The van der Waals surface area contributed by atoms with Crippen LogP contribution in [0.25, 0.3) is 0 Å². The standard InChI is InChI=1S/C28H41N5O8/c1-33-25(36)17-22(26(33)20-3-2-10-29-18-20)27(37)31-11-8-23(34)30-12-14-41-16-15-40-13-9-24(35)32-21-6-4-19(5-7-21)28(38)39/h2-3,10,18-19,21-22,26H,4-9,11-17H2,1H3,(H,30,34)(H,31,37)(H,32,35)(H,38,39)/t19?,21?,22-,26+/m0/s1. The molecule has 1 saturated carbocycles. The highest BCUT2D eigenvalue weighted by Crippen LogP contribution is 2.36. The van der Waals surface area contributed by atoms with Crippen molar-refractivity contribution >= 4 is 29.6 Å². The van der Waals surface area contributed by atoms with Gasteiger partial charge in [0.1, 0.15) is 0 Å². The number of aliphatic carboxylic acids is 1. The molecule has 0 bridgehead atoms. The van der Waals surface area contributed by atoms with Gasteiger partial charge in [-0.2, -0.15) is 0 Å². The van der Waals surface area contributed by atoms with Crippen molar-refractivity contribution in [2.75, 3.05) is 46.6 Å². The van der Waals surface area contributed by atoms with Crippen LogP contribution in [0.15, 0.2) is 24.5 Å². The average Bonchev–Trinajstić information content (AvgIpc) is 3.26. The summed E-state index contributed by atoms with van der Waals surface area (Å²) in [5.41, 5.74) is 0.794. The maximum atomic E-state index is 12.8. The fourth-order valence-electron chi connectivity index (χ4n) is 5.16. The molecule has 13 nitrogen and oxygen atoms in total. The molecule has 2 fully saturated rings. The van der Waals surface area contributed by atoms with Gasteiger partial charge in [0.2, 0.25) is 23.6 Å². The minimum absolute atomic E-state index is 0.0256. The van der Waals surface area contributed by atoms with Gasteiger partial charge < -0.3 is 35.4 Å². The van der Waals surface area contributed by atoms with Crippen LogP contribution in [0.2, 0.25) is 0 Å². The molecule has 4 amide bonds. The molecule has 2 atom stereocenters. The molecule has 3 rings (SSSR count). The number of hydrogen-bond acceptors (Lipinski definition) is 8. The lowest BCUT2D eigenvalue weighted by Gasteiger charge is -2.26. The van der Waals surface area contributed by atoms with Crippen LogP contribution in [-0.2, 0) is 33.4 Å². The summed E-state index contributed by atoms with van der Waals surface area (Å²) in [4.78, 5) is 65.7. The fourth-order valence-corrected chi connectivity index (χ4v) is 5.16. The monoisotopic (exact) mass is 575 g/mol. The first-order chi connectivity index (χ1) is 19.8. The largest absolute Gasteiger partial charge is 0.481 e. The Kier molecular flexibility index (Phi) is 13.0. The summed E-state index contributed by atoms with van der Waals surface area (Å²) in [5, 5.41) is 17.5. The Hall–Kier alpha value is -3.58. The number of carboxylic acid groups (broad SMARTS) is 1. The van der Waals surface area contributed by atoms with E-state index in [4.69, 9.17) is 14.6 Å². The van der Waals surface area contributed by atoms with E-state index in [-0.39, 0.29) is 74.0 Å². The van der Waals surface area contributed by atoms with Gasteiger partial charge in [0, 0.05) is 57.8 Å². The van der Waals surface area contributed by atoms with Gasteiger partial charge in [-0.1, -0.05) is 6.07 Å². The van der Waals surface area contributed by atoms with Crippen LogP contribution in [0.5, 0.6) is 0 Å². The number of amides is 4. The quantitative estimate of drug-likeness (QED) is 0.203. The molecule has 226 valence electrons. The normalized spacial score (nSPS) is 22.3. The number of nitrogens with one attached hydrogen (secondary N) is 3. The highest BCUT2D eigenvalue weighted by Gasteiger charge is 2.42. The lowest BCUT2D eigenvalue weighted by molar-refractivity contribution is -0.143. The van der Waals surface area contributed by atoms with Crippen LogP contribution in [0.3, 0.4) is 0 Å². The van der Waals surface area contributed by atoms with Crippen molar-refractivity contribution in [2.24, 2.45) is 11.8 Å². The Morgan fingerprint density at radius 3 is 2.39 bits per heavy atom. The van der Waals surface area contributed by atoms with E-state index in [0.29, 0.717) is 52.0 Å². The van der Waals surface area contributed by atoms with E-state index in [1.807, 2.05) is 6.07 Å². The number of carbonyl (C=O) groups excluding carboxylic acids is 4. The van der Waals surface area contributed by atoms with Gasteiger partial charge in [-0.05, 0) is 37.3 Å². The lowest BCUT2D eigenvalue weighted by atomic mass is 9.86. The number of rotatable bonds is 16. The second kappa shape index (κ2) is 16.6. The number of ether oxygens (including phenoxy) is 2. The van der Waals surface area contributed by atoms with Gasteiger partial charge in [0.05, 0.1) is 44.3 Å². The maximum absolute atomic E-state index is 12.8. The van der Waals surface area contributed by atoms with Crippen LogP contribution in [-0.4, -0.2) is 97.2 Å². The van der Waals surface area contributed by atoms with Crippen molar-refractivity contribution in [3.63, 3.8) is 0 Å². The van der Waals surface area contributed by atoms with Crippen molar-refractivity contribution in [3.8, 4) is 0 Å². The number of likely N-dealkylation sites (tertiary alicyclic amines) is 1. The summed E-state index contributed by atoms with van der Waals surface area (Å²) < 4.78 is 10.8. The molecule has 0 spiro atoms. The van der Waals surface area contributed by atoms with E-state index in [0.717, 1.165) is 5.56 Å². The predicted molar refractivity (Wildman–Crippen MR) is 146 cm³/mol. The Morgan fingerprint density at radius 2 is 1.71 bits per heavy atom. The first-order valence-electron chi connectivity index (χ1n) is 14.1. The minimum Gasteiger partial charge on any atom is -0.481 e. The number of nitrogens with zero attached hydrogens (tertiary/aromatic N) is 2. The van der Waals surface area contributed by atoms with Crippen LogP contribution in [0, 0.1) is 11.8 Å². The number of aromatic nitrogens is 1. The zero-order chi connectivity index (χ0) is 29.6. The smallest absolute Gasteiger partial charge is 0.306 e. The SMILES string of the molecule is CN1C(=O)C[C@H](C(=O)NCCC(=O)NCCOCCOCCC(=O)NC2CCC(C(=O)O)CC2)[C@H]1c1cccnc1. The van der Waals surface area contributed by atoms with E-state index in [2.05, 4.69) is 20.9 Å². The van der Waals surface area contributed by atoms with Gasteiger partial charge in [-0.3, -0.25) is 29.0 Å². The Bertz CT molecular complexity index is 1030. The molecule has 0 unspecified atom stereocenters. The summed E-state index contributed by atoms with van der Waals surface area (Å²) in [7, 11) is 1.67. The second-order valence-electron chi connectivity index (χ2n) is 10.4. The zero-order valence-corrected chi connectivity index (χ0v) is 23.5. The predicted octanol–water partition coefficient (Wildman–Crippen LogP) is 0.406. The van der Waals surface area contributed by atoms with Gasteiger partial charge in [0.25, 0.3) is 0 Å². The number of hydrogen-bond donors (Lipinski definition) is 4. The summed E-state index contributed by atoms with van der Waals surface area (Å²) in [6.07, 6.45) is 6.25. The van der Waals surface area contributed by atoms with Crippen LogP contribution in [0.4, 0.5) is 0 Å². The molecule has 0 radical (unpaired) electrons. The third-order valence-corrected chi connectivity index (χ3v) is 7.46. The van der Waals surface area contributed by atoms with Crippen molar-refractivity contribution in [1.29, 1.82) is 0 Å². The Morgan fingerprint density at radius 1 is 0.976 bits per heavy atom. The lowest BCUT2D eigenvalue weighted by Crippen LogP contribution is -2.39. The van der Waals surface area contributed by atoms with Gasteiger partial charge in [0.15, 0.2) is 0 Å². The molecule has 2 heterocycles. The molecule has 0 aromatic carbocycles. The fraction of sp³-hybridized carbons (Fsp3) is 0.643. The topological polar surface area (TPSA) is 176 Å². The molecular weight excluding hydrogens is 534 g/mol. The van der Waals surface area contributed by atoms with E-state index in [1.165, 1.54) is 0 Å². The van der Waals surface area contributed by atoms with Crippen LogP contribution >= 0.6 is 0 Å². The van der Waals surface area contributed by atoms with Gasteiger partial charge in [-0.15, -0.1) is 0 Å². The molecule has 1 aliphatic heterocycles. The van der Waals surface area contributed by atoms with Crippen LogP contribution < -0.4 is 16.0 Å². The third kappa shape index (κ3) is 10.4. The van der Waals surface area contributed by atoms with Crippen molar-refractivity contribution in [1.82, 2.24) is 25.8 Å². The summed E-state index contributed by atoms with van der Waals surface area (Å²) in [6, 6.07) is 3.25. The van der Waals surface area contributed by atoms with E-state index < -0.39 is 11.9 Å². The second-order valence-corrected chi connectivity index (χ2v) is 10.4. The van der Waals surface area contributed by atoms with Gasteiger partial charge >= 0.3 is 5.97 Å². The van der Waals surface area contributed by atoms with Crippen LogP contribution in [0.1, 0.15) is 56.6 Å². The summed E-state index contributed by atoms with van der Waals surface area (Å²) in [5.74, 6) is -2.34. The van der Waals surface area contributed by atoms with Crippen molar-refractivity contribution < 1.29 is 38.6 Å². The maximum Gasteiger partial charge on any atom is 0.306 e. The van der Waals surface area contributed by atoms with Gasteiger partial charge in [-0.25, -0.2) is 0 Å². The summed E-state index contributed by atoms with van der Waals surface area (Å²) >= 11 is 0. The molecule has 1 aromatic rings. The Balaban J connectivity index is 1.17. The molecule has 1 aliphatic carbocycles. The average molecular weight is 576 g/mol. The molecule has 1 saturated heterocycles. The number of carbonyl (C=O) groups is 5. The van der Waals surface area contributed by atoms with Crippen molar-refractivity contribution in [3.05, 3.63) is 30.1 Å². The number of pyridine rings is 1.